The topological polar surface area (TPSA) is 47.3 Å². The molecule has 1 saturated heterocycles. The number of anilines is 1. The van der Waals surface area contributed by atoms with Crippen LogP contribution in [0.25, 0.3) is 0 Å². The first kappa shape index (κ1) is 16.1. The van der Waals surface area contributed by atoms with Gasteiger partial charge in [-0.1, -0.05) is 0 Å². The highest BCUT2D eigenvalue weighted by molar-refractivity contribution is 5.85. The van der Waals surface area contributed by atoms with Crippen molar-refractivity contribution in [3.05, 3.63) is 23.3 Å². The summed E-state index contributed by atoms with van der Waals surface area (Å²) in [6.07, 6.45) is 2.56. The molecule has 0 amide bonds. The van der Waals surface area contributed by atoms with Crippen LogP contribution in [-0.2, 0) is 0 Å². The van der Waals surface area contributed by atoms with Gasteiger partial charge in [-0.2, -0.15) is 0 Å². The molecule has 1 aliphatic rings. The van der Waals surface area contributed by atoms with Crippen molar-refractivity contribution >= 4 is 18.1 Å². The molecule has 1 aromatic carbocycles. The molecule has 0 atom stereocenters. The number of ether oxygens (including phenoxy) is 1. The summed E-state index contributed by atoms with van der Waals surface area (Å²) in [6.45, 7) is 8.42. The molecule has 0 aliphatic carbocycles. The molecule has 1 aliphatic heterocycles. The number of nitrogen functional groups attached to an aromatic ring is 1. The monoisotopic (exact) mass is 284 g/mol. The second-order valence-electron chi connectivity index (χ2n) is 5.44. The Morgan fingerprint density at radius 3 is 2.47 bits per heavy atom. The molecule has 2 rings (SSSR count). The summed E-state index contributed by atoms with van der Waals surface area (Å²) in [5, 5.41) is 3.41. The summed E-state index contributed by atoms with van der Waals surface area (Å²) in [5.74, 6) is 1.48. The molecule has 0 aromatic heterocycles. The summed E-state index contributed by atoms with van der Waals surface area (Å²) in [4.78, 5) is 0. The summed E-state index contributed by atoms with van der Waals surface area (Å²) in [6, 6.07) is 4.20. The number of hydrogen-bond donors (Lipinski definition) is 2. The van der Waals surface area contributed by atoms with Crippen molar-refractivity contribution in [1.82, 2.24) is 5.32 Å². The molecular formula is C15H25ClN2O. The van der Waals surface area contributed by atoms with Crippen LogP contribution in [0, 0.1) is 6.92 Å². The number of nitrogens with two attached hydrogens (primary N) is 1. The van der Waals surface area contributed by atoms with E-state index in [0.717, 1.165) is 24.5 Å². The van der Waals surface area contributed by atoms with E-state index < -0.39 is 0 Å². The maximum absolute atomic E-state index is 6.03. The van der Waals surface area contributed by atoms with Crippen LogP contribution in [0.1, 0.15) is 43.7 Å². The molecule has 1 fully saturated rings. The Hall–Kier alpha value is -0.930. The van der Waals surface area contributed by atoms with Gasteiger partial charge in [0.1, 0.15) is 5.75 Å². The number of rotatable bonds is 3. The van der Waals surface area contributed by atoms with Crippen LogP contribution >= 0.6 is 12.4 Å². The smallest absolute Gasteiger partial charge is 0.142 e. The Labute approximate surface area is 122 Å². The number of halogens is 1. The Balaban J connectivity index is 0.00000180. The van der Waals surface area contributed by atoms with E-state index in [2.05, 4.69) is 24.4 Å². The fraction of sp³-hybridized carbons (Fsp3) is 0.600. The molecule has 3 N–H and O–H groups in total. The normalized spacial score (nSPS) is 16.2. The summed E-state index contributed by atoms with van der Waals surface area (Å²) in [7, 11) is 0. The van der Waals surface area contributed by atoms with Gasteiger partial charge in [-0.3, -0.25) is 0 Å². The third-order valence-electron chi connectivity index (χ3n) is 3.54. The number of nitrogens with one attached hydrogen (secondary N) is 1. The van der Waals surface area contributed by atoms with Gasteiger partial charge in [0.2, 0.25) is 0 Å². The van der Waals surface area contributed by atoms with Crippen molar-refractivity contribution in [2.24, 2.45) is 0 Å². The average molecular weight is 285 g/mol. The lowest BCUT2D eigenvalue weighted by molar-refractivity contribution is 0.243. The van der Waals surface area contributed by atoms with E-state index in [1.807, 2.05) is 13.8 Å². The Morgan fingerprint density at radius 1 is 1.26 bits per heavy atom. The average Bonchev–Trinajstić information content (AvgIpc) is 2.33. The largest absolute Gasteiger partial charge is 0.489 e. The summed E-state index contributed by atoms with van der Waals surface area (Å²) >= 11 is 0. The Bertz CT molecular complexity index is 415. The molecular weight excluding hydrogens is 260 g/mol. The molecule has 19 heavy (non-hydrogen) atoms. The molecule has 108 valence electrons. The van der Waals surface area contributed by atoms with Gasteiger partial charge in [0.25, 0.3) is 0 Å². The van der Waals surface area contributed by atoms with Crippen LogP contribution in [0.15, 0.2) is 12.1 Å². The van der Waals surface area contributed by atoms with Crippen molar-refractivity contribution in [3.8, 4) is 5.75 Å². The van der Waals surface area contributed by atoms with Gasteiger partial charge >= 0.3 is 0 Å². The maximum atomic E-state index is 6.03. The van der Waals surface area contributed by atoms with E-state index in [4.69, 9.17) is 10.5 Å². The zero-order valence-electron chi connectivity index (χ0n) is 12.0. The Kier molecular flexibility index (Phi) is 5.95. The standard InChI is InChI=1S/C15H24N2O.ClH/c1-10(2)18-15-9-13(11(3)8-14(15)16)12-4-6-17-7-5-12;/h8-10,12,17H,4-7,16H2,1-3H3;1H. The highest BCUT2D eigenvalue weighted by Crippen LogP contribution is 2.34. The molecule has 3 nitrogen and oxygen atoms in total. The minimum absolute atomic E-state index is 0. The van der Waals surface area contributed by atoms with Crippen LogP contribution in [0.3, 0.4) is 0 Å². The molecule has 1 aromatic rings. The van der Waals surface area contributed by atoms with E-state index in [-0.39, 0.29) is 18.5 Å². The minimum atomic E-state index is 0. The van der Waals surface area contributed by atoms with Gasteiger partial charge in [0.05, 0.1) is 11.8 Å². The highest BCUT2D eigenvalue weighted by atomic mass is 35.5. The van der Waals surface area contributed by atoms with Gasteiger partial charge in [0.15, 0.2) is 0 Å². The van der Waals surface area contributed by atoms with Crippen LogP contribution in [0.2, 0.25) is 0 Å². The van der Waals surface area contributed by atoms with Crippen LogP contribution in [0.4, 0.5) is 5.69 Å². The maximum Gasteiger partial charge on any atom is 0.142 e. The zero-order valence-corrected chi connectivity index (χ0v) is 12.8. The van der Waals surface area contributed by atoms with Gasteiger partial charge < -0.3 is 15.8 Å². The second-order valence-corrected chi connectivity index (χ2v) is 5.44. The summed E-state index contributed by atoms with van der Waals surface area (Å²) < 4.78 is 5.79. The number of piperidine rings is 1. The lowest BCUT2D eigenvalue weighted by Gasteiger charge is -2.25. The molecule has 0 bridgehead atoms. The van der Waals surface area contributed by atoms with E-state index >= 15 is 0 Å². The van der Waals surface area contributed by atoms with Crippen molar-refractivity contribution in [1.29, 1.82) is 0 Å². The number of aryl methyl sites for hydroxylation is 1. The quantitative estimate of drug-likeness (QED) is 0.838. The van der Waals surface area contributed by atoms with E-state index in [0.29, 0.717) is 5.92 Å². The molecule has 4 heteroatoms. The Morgan fingerprint density at radius 2 is 1.89 bits per heavy atom. The predicted molar refractivity (Wildman–Crippen MR) is 83.4 cm³/mol. The fourth-order valence-electron chi connectivity index (χ4n) is 2.65. The van der Waals surface area contributed by atoms with Crippen molar-refractivity contribution in [3.63, 3.8) is 0 Å². The fourth-order valence-corrected chi connectivity index (χ4v) is 2.65. The van der Waals surface area contributed by atoms with E-state index in [1.165, 1.54) is 24.0 Å². The van der Waals surface area contributed by atoms with Crippen molar-refractivity contribution in [2.75, 3.05) is 18.8 Å². The number of hydrogen-bond acceptors (Lipinski definition) is 3. The zero-order chi connectivity index (χ0) is 13.1. The minimum Gasteiger partial charge on any atom is -0.489 e. The molecule has 1 heterocycles. The molecule has 0 saturated carbocycles. The molecule has 0 radical (unpaired) electrons. The van der Waals surface area contributed by atoms with Crippen molar-refractivity contribution < 1.29 is 4.74 Å². The molecule has 0 unspecified atom stereocenters. The van der Waals surface area contributed by atoms with Gasteiger partial charge in [-0.15, -0.1) is 12.4 Å². The lowest BCUT2D eigenvalue weighted by Crippen LogP contribution is -2.27. The lowest BCUT2D eigenvalue weighted by atomic mass is 9.87. The van der Waals surface area contributed by atoms with Crippen LogP contribution < -0.4 is 15.8 Å². The van der Waals surface area contributed by atoms with Crippen molar-refractivity contribution in [2.45, 2.75) is 45.6 Å². The third-order valence-corrected chi connectivity index (χ3v) is 3.54. The predicted octanol–water partition coefficient (Wildman–Crippen LogP) is 3.25. The van der Waals surface area contributed by atoms with Gasteiger partial charge in [-0.25, -0.2) is 0 Å². The first-order valence-electron chi connectivity index (χ1n) is 6.85. The third kappa shape index (κ3) is 4.02. The number of benzene rings is 1. The second kappa shape index (κ2) is 7.01. The highest BCUT2D eigenvalue weighted by Gasteiger charge is 2.19. The molecule has 0 spiro atoms. The first-order chi connectivity index (χ1) is 8.58. The summed E-state index contributed by atoms with van der Waals surface area (Å²) in [5.41, 5.74) is 9.47. The van der Waals surface area contributed by atoms with Gasteiger partial charge in [-0.05, 0) is 75.9 Å². The SMILES string of the molecule is Cc1cc(N)c(OC(C)C)cc1C1CCNCC1.Cl. The van der Waals surface area contributed by atoms with E-state index in [1.54, 1.807) is 0 Å². The van der Waals surface area contributed by atoms with Crippen LogP contribution in [0.5, 0.6) is 5.75 Å². The van der Waals surface area contributed by atoms with Gasteiger partial charge in [0, 0.05) is 0 Å². The van der Waals surface area contributed by atoms with Crippen LogP contribution in [-0.4, -0.2) is 19.2 Å². The first-order valence-corrected chi connectivity index (χ1v) is 6.85. The van der Waals surface area contributed by atoms with E-state index in [9.17, 15) is 0 Å².